The molecule has 0 spiro atoms. The van der Waals surface area contributed by atoms with Gasteiger partial charge in [-0.3, -0.25) is 4.79 Å². The van der Waals surface area contributed by atoms with Gasteiger partial charge in [0.05, 0.1) is 24.9 Å². The molecule has 150 valence electrons. The van der Waals surface area contributed by atoms with Crippen molar-refractivity contribution in [2.75, 3.05) is 26.8 Å². The fourth-order valence-electron chi connectivity index (χ4n) is 4.59. The largest absolute Gasteiger partial charge is 0.508 e. The zero-order chi connectivity index (χ0) is 20.1. The van der Waals surface area contributed by atoms with E-state index >= 15 is 0 Å². The number of carbonyl (C=O) groups is 1. The summed E-state index contributed by atoms with van der Waals surface area (Å²) < 4.78 is 7.15. The molecule has 0 radical (unpaired) electrons. The van der Waals surface area contributed by atoms with Crippen molar-refractivity contribution in [1.29, 1.82) is 0 Å². The van der Waals surface area contributed by atoms with Crippen LogP contribution in [0.5, 0.6) is 5.75 Å². The molecule has 2 heterocycles. The number of carboxylic acids is 1. The van der Waals surface area contributed by atoms with Crippen molar-refractivity contribution < 1.29 is 19.7 Å². The van der Waals surface area contributed by atoms with E-state index in [9.17, 15) is 9.90 Å². The second-order valence-electron chi connectivity index (χ2n) is 7.80. The van der Waals surface area contributed by atoms with Crippen molar-refractivity contribution in [3.63, 3.8) is 0 Å². The Labute approximate surface area is 168 Å². The number of nitrogens with zero attached hydrogens (tertiary/aromatic N) is 3. The van der Waals surface area contributed by atoms with Crippen LogP contribution in [-0.4, -0.2) is 57.7 Å². The van der Waals surface area contributed by atoms with Crippen molar-refractivity contribution in [2.45, 2.75) is 12.3 Å². The molecule has 0 saturated heterocycles. The quantitative estimate of drug-likeness (QED) is 0.717. The Morgan fingerprint density at radius 2 is 2.10 bits per heavy atom. The Morgan fingerprint density at radius 1 is 1.28 bits per heavy atom. The molecular formula is C22H23N3O4. The van der Waals surface area contributed by atoms with Gasteiger partial charge in [0, 0.05) is 43.6 Å². The van der Waals surface area contributed by atoms with E-state index in [4.69, 9.17) is 9.84 Å². The number of rotatable bonds is 8. The third-order valence-electron chi connectivity index (χ3n) is 6.11. The molecule has 1 aromatic carbocycles. The molecule has 2 unspecified atom stereocenters. The van der Waals surface area contributed by atoms with Crippen molar-refractivity contribution in [1.82, 2.24) is 14.7 Å². The SMILES string of the molecule is COCCN(CCC(=O)O)C1=C2C3C(c4c(-c5cccc(O)c5)cnn4C=C1)[C@@H]23. The van der Waals surface area contributed by atoms with Crippen LogP contribution in [0.4, 0.5) is 0 Å². The van der Waals surface area contributed by atoms with Gasteiger partial charge in [0.25, 0.3) is 0 Å². The summed E-state index contributed by atoms with van der Waals surface area (Å²) in [5.41, 5.74) is 5.77. The van der Waals surface area contributed by atoms with E-state index in [1.807, 2.05) is 29.2 Å². The monoisotopic (exact) mass is 393 g/mol. The van der Waals surface area contributed by atoms with Gasteiger partial charge >= 0.3 is 5.97 Å². The minimum atomic E-state index is -0.795. The van der Waals surface area contributed by atoms with Gasteiger partial charge in [-0.15, -0.1) is 0 Å². The van der Waals surface area contributed by atoms with Gasteiger partial charge in [0.15, 0.2) is 0 Å². The van der Waals surface area contributed by atoms with E-state index in [0.29, 0.717) is 37.5 Å². The lowest BCUT2D eigenvalue weighted by Crippen LogP contribution is -2.30. The van der Waals surface area contributed by atoms with E-state index in [0.717, 1.165) is 16.8 Å². The Hall–Kier alpha value is -3.06. The standard InChI is InChI=1S/C22H23N3O4/c1-29-10-9-24(7-6-17(27)28)16-5-8-25-22(21-19-18(16)20(19)21)15(12-23-25)13-3-2-4-14(26)11-13/h2-5,8,11-12,19-21,26H,6-7,9-10H2,1H3,(H,27,28)/t19-,20?,21?/m0/s1. The number of hydrogen-bond donors (Lipinski definition) is 2. The van der Waals surface area contributed by atoms with Crippen molar-refractivity contribution in [3.8, 4) is 16.9 Å². The highest BCUT2D eigenvalue weighted by molar-refractivity contribution is 5.73. The Kier molecular flexibility index (Phi) is 4.20. The van der Waals surface area contributed by atoms with Crippen LogP contribution in [0.2, 0.25) is 0 Å². The summed E-state index contributed by atoms with van der Waals surface area (Å²) in [5, 5.41) is 23.5. The predicted molar refractivity (Wildman–Crippen MR) is 107 cm³/mol. The lowest BCUT2D eigenvalue weighted by Gasteiger charge is -2.27. The van der Waals surface area contributed by atoms with E-state index in [1.165, 1.54) is 11.3 Å². The first-order valence-electron chi connectivity index (χ1n) is 9.85. The molecular weight excluding hydrogens is 370 g/mol. The second-order valence-corrected chi connectivity index (χ2v) is 7.80. The fraction of sp³-hybridized carbons (Fsp3) is 0.364. The van der Waals surface area contributed by atoms with Crippen LogP contribution < -0.4 is 0 Å². The minimum absolute atomic E-state index is 0.0990. The van der Waals surface area contributed by atoms with Crippen molar-refractivity contribution >= 4 is 12.2 Å². The number of ether oxygens (including phenoxy) is 1. The van der Waals surface area contributed by atoms with Crippen LogP contribution in [-0.2, 0) is 9.53 Å². The Morgan fingerprint density at radius 3 is 2.83 bits per heavy atom. The van der Waals surface area contributed by atoms with Crippen LogP contribution >= 0.6 is 0 Å². The zero-order valence-electron chi connectivity index (χ0n) is 16.2. The molecule has 1 aromatic heterocycles. The highest BCUT2D eigenvalue weighted by Gasteiger charge is 2.72. The number of phenolic OH excluding ortho intramolecular Hbond substituents is 1. The number of fused-ring (bicyclic) bond motifs is 4. The molecule has 2 fully saturated rings. The maximum absolute atomic E-state index is 11.1. The molecule has 0 amide bonds. The van der Waals surface area contributed by atoms with Crippen LogP contribution in [0, 0.1) is 11.8 Å². The lowest BCUT2D eigenvalue weighted by atomic mass is 9.96. The number of aliphatic carboxylic acids is 1. The molecule has 2 aromatic rings. The normalized spacial score (nSPS) is 23.1. The zero-order valence-corrected chi connectivity index (χ0v) is 16.2. The van der Waals surface area contributed by atoms with Gasteiger partial charge in [-0.2, -0.15) is 5.10 Å². The number of aromatic hydroxyl groups is 1. The highest BCUT2D eigenvalue weighted by Crippen LogP contribution is 2.79. The molecule has 1 aliphatic heterocycles. The van der Waals surface area contributed by atoms with Gasteiger partial charge in [0.2, 0.25) is 0 Å². The number of carboxylic acid groups (broad SMARTS) is 1. The summed E-state index contributed by atoms with van der Waals surface area (Å²) in [4.78, 5) is 13.2. The maximum Gasteiger partial charge on any atom is 0.305 e. The molecule has 7 nitrogen and oxygen atoms in total. The Balaban J connectivity index is 1.46. The third kappa shape index (κ3) is 3.02. The molecule has 3 aliphatic rings. The number of methoxy groups -OCH3 is 1. The van der Waals surface area contributed by atoms with Gasteiger partial charge in [-0.25, -0.2) is 4.68 Å². The lowest BCUT2D eigenvalue weighted by molar-refractivity contribution is -0.137. The van der Waals surface area contributed by atoms with E-state index in [1.54, 1.807) is 19.2 Å². The average Bonchev–Trinajstić information content (AvgIpc) is 3.54. The molecule has 29 heavy (non-hydrogen) atoms. The summed E-state index contributed by atoms with van der Waals surface area (Å²) >= 11 is 0. The van der Waals surface area contributed by atoms with Gasteiger partial charge in [0.1, 0.15) is 5.75 Å². The Bertz CT molecular complexity index is 1030. The highest BCUT2D eigenvalue weighted by atomic mass is 16.5. The summed E-state index contributed by atoms with van der Waals surface area (Å²) in [6.07, 6.45) is 5.98. The first-order valence-corrected chi connectivity index (χ1v) is 9.85. The number of aromatic nitrogens is 2. The van der Waals surface area contributed by atoms with Crippen LogP contribution in [0.3, 0.4) is 0 Å². The first kappa shape index (κ1) is 18.0. The summed E-state index contributed by atoms with van der Waals surface area (Å²) in [6.45, 7) is 1.68. The maximum atomic E-state index is 11.1. The van der Waals surface area contributed by atoms with Crippen LogP contribution in [0.1, 0.15) is 18.0 Å². The van der Waals surface area contributed by atoms with Gasteiger partial charge in [-0.1, -0.05) is 12.1 Å². The average molecular weight is 393 g/mol. The molecule has 2 N–H and O–H groups in total. The van der Waals surface area contributed by atoms with Gasteiger partial charge in [-0.05, 0) is 41.2 Å². The van der Waals surface area contributed by atoms with Gasteiger partial charge < -0.3 is 19.8 Å². The van der Waals surface area contributed by atoms with Crippen LogP contribution in [0.25, 0.3) is 17.3 Å². The molecule has 2 saturated carbocycles. The predicted octanol–water partition coefficient (Wildman–Crippen LogP) is 2.76. The first-order chi connectivity index (χ1) is 14.1. The van der Waals surface area contributed by atoms with Crippen molar-refractivity contribution in [2.24, 2.45) is 11.8 Å². The molecule has 7 heteroatoms. The second kappa shape index (κ2) is 6.77. The third-order valence-corrected chi connectivity index (χ3v) is 6.11. The van der Waals surface area contributed by atoms with Crippen LogP contribution in [0.15, 0.2) is 47.8 Å². The molecule has 0 bridgehead atoms. The minimum Gasteiger partial charge on any atom is -0.508 e. The topological polar surface area (TPSA) is 87.8 Å². The number of benzene rings is 1. The van der Waals surface area contributed by atoms with E-state index in [-0.39, 0.29) is 12.2 Å². The molecule has 3 atom stereocenters. The van der Waals surface area contributed by atoms with Crippen molar-refractivity contribution in [3.05, 3.63) is 53.5 Å². The fourth-order valence-corrected chi connectivity index (χ4v) is 4.59. The molecule has 5 rings (SSSR count). The summed E-state index contributed by atoms with van der Waals surface area (Å²) in [7, 11) is 1.66. The smallest absolute Gasteiger partial charge is 0.305 e. The molecule has 2 aliphatic carbocycles. The number of phenols is 1. The van der Waals surface area contributed by atoms with E-state index < -0.39 is 5.97 Å². The van der Waals surface area contributed by atoms with E-state index in [2.05, 4.69) is 16.1 Å². The number of allylic oxidation sites excluding steroid dienone is 2. The summed E-state index contributed by atoms with van der Waals surface area (Å²) in [6, 6.07) is 7.29. The number of hydrogen-bond acceptors (Lipinski definition) is 5. The summed E-state index contributed by atoms with van der Waals surface area (Å²) in [5.74, 6) is 0.915.